The molecular formula is C10H6ClFN2. The van der Waals surface area contributed by atoms with Crippen LogP contribution < -0.4 is 0 Å². The zero-order valence-electron chi connectivity index (χ0n) is 7.11. The van der Waals surface area contributed by atoms with Crippen LogP contribution in [0.4, 0.5) is 4.39 Å². The lowest BCUT2D eigenvalue weighted by atomic mass is 10.1. The van der Waals surface area contributed by atoms with Crippen LogP contribution in [-0.4, -0.2) is 9.97 Å². The average Bonchev–Trinajstić information content (AvgIpc) is 2.18. The van der Waals surface area contributed by atoms with Crippen molar-refractivity contribution >= 4 is 11.6 Å². The van der Waals surface area contributed by atoms with Gasteiger partial charge in [-0.05, 0) is 29.8 Å². The third kappa shape index (κ3) is 1.72. The molecule has 0 atom stereocenters. The molecule has 0 radical (unpaired) electrons. The van der Waals surface area contributed by atoms with Crippen LogP contribution in [0.25, 0.3) is 11.3 Å². The van der Waals surface area contributed by atoms with E-state index < -0.39 is 0 Å². The summed E-state index contributed by atoms with van der Waals surface area (Å²) in [5, 5.41) is 0.116. The van der Waals surface area contributed by atoms with Gasteiger partial charge >= 0.3 is 0 Å². The van der Waals surface area contributed by atoms with Crippen molar-refractivity contribution in [3.63, 3.8) is 0 Å². The maximum Gasteiger partial charge on any atom is 0.222 e. The van der Waals surface area contributed by atoms with E-state index in [1.807, 2.05) is 0 Å². The van der Waals surface area contributed by atoms with E-state index in [4.69, 9.17) is 11.6 Å². The normalized spacial score (nSPS) is 10.1. The molecule has 1 heterocycles. The number of benzene rings is 1. The number of rotatable bonds is 1. The summed E-state index contributed by atoms with van der Waals surface area (Å²) in [5.74, 6) is -0.317. The number of hydrogen-bond acceptors (Lipinski definition) is 2. The third-order valence-corrected chi connectivity index (χ3v) is 1.96. The zero-order chi connectivity index (χ0) is 9.97. The summed E-state index contributed by atoms with van der Waals surface area (Å²) in [4.78, 5) is 7.65. The predicted octanol–water partition coefficient (Wildman–Crippen LogP) is 2.94. The Balaban J connectivity index is 2.55. The van der Waals surface area contributed by atoms with E-state index in [-0.39, 0.29) is 11.1 Å². The number of halogens is 2. The summed E-state index contributed by atoms with van der Waals surface area (Å²) in [7, 11) is 0. The topological polar surface area (TPSA) is 25.8 Å². The lowest BCUT2D eigenvalue weighted by molar-refractivity contribution is 0.630. The van der Waals surface area contributed by atoms with Gasteiger partial charge in [0.05, 0.1) is 5.69 Å². The van der Waals surface area contributed by atoms with E-state index in [9.17, 15) is 4.39 Å². The highest BCUT2D eigenvalue weighted by atomic mass is 35.5. The molecule has 0 aliphatic carbocycles. The minimum Gasteiger partial charge on any atom is -0.226 e. The molecular weight excluding hydrogens is 203 g/mol. The number of nitrogens with zero attached hydrogens (tertiary/aromatic N) is 2. The Hall–Kier alpha value is -1.48. The Bertz CT molecular complexity index is 459. The summed E-state index contributed by atoms with van der Waals surface area (Å²) in [6.07, 6.45) is 1.50. The van der Waals surface area contributed by atoms with Gasteiger partial charge in [-0.25, -0.2) is 14.4 Å². The summed E-state index contributed by atoms with van der Waals surface area (Å²) in [6, 6.07) is 8.01. The molecule has 2 aromatic rings. The van der Waals surface area contributed by atoms with Gasteiger partial charge in [0.25, 0.3) is 0 Å². The van der Waals surface area contributed by atoms with Crippen molar-refractivity contribution in [2.45, 2.75) is 0 Å². The average molecular weight is 209 g/mol. The summed E-state index contributed by atoms with van der Waals surface area (Å²) in [6.45, 7) is 0. The lowest BCUT2D eigenvalue weighted by Crippen LogP contribution is -1.89. The van der Waals surface area contributed by atoms with Crippen LogP contribution in [0.1, 0.15) is 0 Å². The molecule has 1 aromatic carbocycles. The van der Waals surface area contributed by atoms with Gasteiger partial charge in [0.1, 0.15) is 5.82 Å². The van der Waals surface area contributed by atoms with Gasteiger partial charge in [0, 0.05) is 11.8 Å². The molecule has 0 aliphatic rings. The van der Waals surface area contributed by atoms with Crippen molar-refractivity contribution in [1.29, 1.82) is 0 Å². The SMILES string of the molecule is Fc1ccccc1-c1ccnc(Cl)n1. The minimum atomic E-state index is -0.317. The molecule has 70 valence electrons. The molecule has 14 heavy (non-hydrogen) atoms. The maximum absolute atomic E-state index is 13.3. The van der Waals surface area contributed by atoms with Gasteiger partial charge in [-0.2, -0.15) is 0 Å². The van der Waals surface area contributed by atoms with Gasteiger partial charge in [-0.1, -0.05) is 12.1 Å². The molecule has 0 fully saturated rings. The smallest absolute Gasteiger partial charge is 0.222 e. The Morgan fingerprint density at radius 2 is 1.93 bits per heavy atom. The van der Waals surface area contributed by atoms with Crippen LogP contribution >= 0.6 is 11.6 Å². The molecule has 2 nitrogen and oxygen atoms in total. The highest BCUT2D eigenvalue weighted by Crippen LogP contribution is 2.20. The maximum atomic E-state index is 13.3. The summed E-state index contributed by atoms with van der Waals surface area (Å²) >= 11 is 5.60. The highest BCUT2D eigenvalue weighted by molar-refractivity contribution is 6.28. The van der Waals surface area contributed by atoms with E-state index in [2.05, 4.69) is 9.97 Å². The largest absolute Gasteiger partial charge is 0.226 e. The zero-order valence-corrected chi connectivity index (χ0v) is 7.87. The molecule has 0 aliphatic heterocycles. The molecule has 0 bridgehead atoms. The summed E-state index contributed by atoms with van der Waals surface area (Å²) < 4.78 is 13.3. The first-order valence-electron chi connectivity index (χ1n) is 4.01. The van der Waals surface area contributed by atoms with E-state index in [1.54, 1.807) is 24.3 Å². The Kier molecular flexibility index (Phi) is 2.41. The van der Waals surface area contributed by atoms with Crippen LogP contribution in [-0.2, 0) is 0 Å². The van der Waals surface area contributed by atoms with Crippen molar-refractivity contribution in [2.24, 2.45) is 0 Å². The first kappa shape index (κ1) is 9.09. The molecule has 4 heteroatoms. The van der Waals surface area contributed by atoms with Crippen LogP contribution in [0.2, 0.25) is 5.28 Å². The van der Waals surface area contributed by atoms with Crippen molar-refractivity contribution < 1.29 is 4.39 Å². The highest BCUT2D eigenvalue weighted by Gasteiger charge is 2.05. The molecule has 0 amide bonds. The fraction of sp³-hybridized carbons (Fsp3) is 0. The second-order valence-electron chi connectivity index (χ2n) is 2.69. The molecule has 0 N–H and O–H groups in total. The van der Waals surface area contributed by atoms with Gasteiger partial charge < -0.3 is 0 Å². The van der Waals surface area contributed by atoms with Crippen molar-refractivity contribution in [3.8, 4) is 11.3 Å². The molecule has 0 unspecified atom stereocenters. The van der Waals surface area contributed by atoms with Gasteiger partial charge in [0.15, 0.2) is 0 Å². The Morgan fingerprint density at radius 1 is 1.14 bits per heavy atom. The molecule has 0 spiro atoms. The lowest BCUT2D eigenvalue weighted by Gasteiger charge is -2.01. The van der Waals surface area contributed by atoms with Crippen LogP contribution in [0.5, 0.6) is 0 Å². The third-order valence-electron chi connectivity index (χ3n) is 1.78. The predicted molar refractivity (Wildman–Crippen MR) is 52.4 cm³/mol. The van der Waals surface area contributed by atoms with Gasteiger partial charge in [-0.3, -0.25) is 0 Å². The van der Waals surface area contributed by atoms with Crippen LogP contribution in [0.3, 0.4) is 0 Å². The summed E-state index contributed by atoms with van der Waals surface area (Å²) in [5.41, 5.74) is 0.917. The van der Waals surface area contributed by atoms with E-state index in [1.165, 1.54) is 12.3 Å². The van der Waals surface area contributed by atoms with Crippen LogP contribution in [0.15, 0.2) is 36.5 Å². The molecule has 2 rings (SSSR count). The van der Waals surface area contributed by atoms with Crippen molar-refractivity contribution in [2.75, 3.05) is 0 Å². The first-order valence-corrected chi connectivity index (χ1v) is 4.38. The fourth-order valence-corrected chi connectivity index (χ4v) is 1.30. The van der Waals surface area contributed by atoms with E-state index in [0.717, 1.165) is 0 Å². The first-order chi connectivity index (χ1) is 6.77. The standard InChI is InChI=1S/C10H6ClFN2/c11-10-13-6-5-9(14-10)7-3-1-2-4-8(7)12/h1-6H. The molecule has 0 saturated heterocycles. The minimum absolute atomic E-state index is 0.116. The quantitative estimate of drug-likeness (QED) is 0.674. The Labute approximate surface area is 85.4 Å². The van der Waals surface area contributed by atoms with Gasteiger partial charge in [-0.15, -0.1) is 0 Å². The number of aromatic nitrogens is 2. The van der Waals surface area contributed by atoms with Gasteiger partial charge in [0.2, 0.25) is 5.28 Å². The van der Waals surface area contributed by atoms with Crippen molar-refractivity contribution in [1.82, 2.24) is 9.97 Å². The number of hydrogen-bond donors (Lipinski definition) is 0. The second-order valence-corrected chi connectivity index (χ2v) is 3.03. The second kappa shape index (κ2) is 3.72. The van der Waals surface area contributed by atoms with Crippen molar-refractivity contribution in [3.05, 3.63) is 47.6 Å². The fourth-order valence-electron chi connectivity index (χ4n) is 1.15. The molecule has 0 saturated carbocycles. The Morgan fingerprint density at radius 3 is 2.64 bits per heavy atom. The van der Waals surface area contributed by atoms with E-state index >= 15 is 0 Å². The van der Waals surface area contributed by atoms with Crippen LogP contribution in [0, 0.1) is 5.82 Å². The molecule has 1 aromatic heterocycles. The van der Waals surface area contributed by atoms with E-state index in [0.29, 0.717) is 11.3 Å². The monoisotopic (exact) mass is 208 g/mol.